The minimum absolute atomic E-state index is 0.115. The van der Waals surface area contributed by atoms with E-state index in [9.17, 15) is 17.6 Å². The lowest BCUT2D eigenvalue weighted by molar-refractivity contribution is -0.122. The maximum absolute atomic E-state index is 13.7. The maximum atomic E-state index is 13.7. The fourth-order valence-corrected chi connectivity index (χ4v) is 5.11. The van der Waals surface area contributed by atoms with Crippen molar-refractivity contribution in [2.24, 2.45) is 0 Å². The number of carbonyl (C=O) groups is 1. The smallest absolute Gasteiger partial charge is 0.243 e. The van der Waals surface area contributed by atoms with Gasteiger partial charge in [-0.25, -0.2) is 12.8 Å². The first-order valence-corrected chi connectivity index (χ1v) is 12.0. The molecule has 2 heterocycles. The molecule has 10 heteroatoms. The van der Waals surface area contributed by atoms with Gasteiger partial charge in [-0.3, -0.25) is 9.69 Å². The lowest BCUT2D eigenvalue weighted by atomic mass is 10.2. The average Bonchev–Trinajstić information content (AvgIpc) is 3.04. The number of ether oxygens (including phenoxy) is 2. The number of hydrogen-bond acceptors (Lipinski definition) is 6. The molecular weight excluding hydrogens is 437 g/mol. The van der Waals surface area contributed by atoms with Crippen LogP contribution >= 0.6 is 0 Å². The topological polar surface area (TPSA) is 88.2 Å². The molecular formula is C22H26FN3O5S. The molecule has 2 aliphatic heterocycles. The van der Waals surface area contributed by atoms with Crippen molar-refractivity contribution in [3.63, 3.8) is 0 Å². The van der Waals surface area contributed by atoms with Crippen LogP contribution < -0.4 is 14.8 Å². The Morgan fingerprint density at radius 3 is 2.47 bits per heavy atom. The molecule has 1 fully saturated rings. The van der Waals surface area contributed by atoms with E-state index in [1.54, 1.807) is 24.3 Å². The Labute approximate surface area is 187 Å². The van der Waals surface area contributed by atoms with E-state index in [-0.39, 0.29) is 42.8 Å². The molecule has 0 unspecified atom stereocenters. The van der Waals surface area contributed by atoms with Crippen LogP contribution in [0.4, 0.5) is 4.39 Å². The van der Waals surface area contributed by atoms with Crippen LogP contribution in [-0.4, -0.2) is 69.5 Å². The van der Waals surface area contributed by atoms with Gasteiger partial charge in [0, 0.05) is 50.8 Å². The molecule has 1 saturated heterocycles. The summed E-state index contributed by atoms with van der Waals surface area (Å²) in [5, 5.41) is 2.71. The van der Waals surface area contributed by atoms with Gasteiger partial charge in [-0.15, -0.1) is 0 Å². The summed E-state index contributed by atoms with van der Waals surface area (Å²) in [7, 11) is -3.68. The van der Waals surface area contributed by atoms with Gasteiger partial charge in [0.05, 0.1) is 24.7 Å². The van der Waals surface area contributed by atoms with Crippen molar-refractivity contribution in [2.45, 2.75) is 17.9 Å². The monoisotopic (exact) mass is 463 g/mol. The van der Waals surface area contributed by atoms with E-state index in [2.05, 4.69) is 5.32 Å². The number of sulfonamides is 1. The van der Waals surface area contributed by atoms with E-state index >= 15 is 0 Å². The van der Waals surface area contributed by atoms with Crippen LogP contribution in [0.2, 0.25) is 0 Å². The van der Waals surface area contributed by atoms with Crippen LogP contribution in [0.3, 0.4) is 0 Å². The quantitative estimate of drug-likeness (QED) is 0.701. The molecule has 0 aliphatic carbocycles. The number of amides is 1. The van der Waals surface area contributed by atoms with Crippen LogP contribution in [0.15, 0.2) is 47.4 Å². The Hall–Kier alpha value is -2.69. The Kier molecular flexibility index (Phi) is 6.92. The lowest BCUT2D eigenvalue weighted by Crippen LogP contribution is -2.51. The van der Waals surface area contributed by atoms with Crippen LogP contribution in [0, 0.1) is 5.82 Å². The number of hydrogen-bond donors (Lipinski definition) is 1. The zero-order chi connectivity index (χ0) is 22.6. The molecule has 0 spiro atoms. The summed E-state index contributed by atoms with van der Waals surface area (Å²) >= 11 is 0. The van der Waals surface area contributed by atoms with Crippen molar-refractivity contribution in [2.75, 3.05) is 45.9 Å². The minimum Gasteiger partial charge on any atom is -0.490 e. The third kappa shape index (κ3) is 5.20. The molecule has 1 N–H and O–H groups in total. The number of piperazine rings is 1. The van der Waals surface area contributed by atoms with E-state index in [1.165, 1.54) is 22.5 Å². The Balaban J connectivity index is 1.30. The summed E-state index contributed by atoms with van der Waals surface area (Å²) in [6, 6.07) is 11.0. The summed E-state index contributed by atoms with van der Waals surface area (Å²) in [5.41, 5.74) is 0.423. The van der Waals surface area contributed by atoms with Crippen LogP contribution in [0.5, 0.6) is 11.5 Å². The Bertz CT molecular complexity index is 1070. The van der Waals surface area contributed by atoms with Gasteiger partial charge < -0.3 is 14.8 Å². The van der Waals surface area contributed by atoms with Gasteiger partial charge in [0.15, 0.2) is 11.5 Å². The average molecular weight is 464 g/mol. The van der Waals surface area contributed by atoms with Crippen molar-refractivity contribution in [3.05, 3.63) is 53.8 Å². The van der Waals surface area contributed by atoms with E-state index in [4.69, 9.17) is 9.47 Å². The van der Waals surface area contributed by atoms with Gasteiger partial charge in [-0.1, -0.05) is 18.2 Å². The van der Waals surface area contributed by atoms with Gasteiger partial charge >= 0.3 is 0 Å². The first-order chi connectivity index (χ1) is 15.4. The van der Waals surface area contributed by atoms with Crippen molar-refractivity contribution >= 4 is 15.9 Å². The highest BCUT2D eigenvalue weighted by molar-refractivity contribution is 7.89. The number of halogens is 1. The van der Waals surface area contributed by atoms with Crippen molar-refractivity contribution in [1.29, 1.82) is 0 Å². The van der Waals surface area contributed by atoms with Gasteiger partial charge in [-0.2, -0.15) is 4.31 Å². The molecule has 0 bridgehead atoms. The summed E-state index contributed by atoms with van der Waals surface area (Å²) in [6.45, 7) is 2.67. The third-order valence-electron chi connectivity index (χ3n) is 5.49. The molecule has 8 nitrogen and oxygen atoms in total. The van der Waals surface area contributed by atoms with Crippen LogP contribution in [0.1, 0.15) is 12.0 Å². The predicted molar refractivity (Wildman–Crippen MR) is 115 cm³/mol. The maximum Gasteiger partial charge on any atom is 0.243 e. The van der Waals surface area contributed by atoms with Crippen LogP contribution in [-0.2, 0) is 21.4 Å². The largest absolute Gasteiger partial charge is 0.490 e. The Morgan fingerprint density at radius 1 is 1.00 bits per heavy atom. The number of benzene rings is 2. The molecule has 172 valence electrons. The first-order valence-electron chi connectivity index (χ1n) is 10.6. The third-order valence-corrected chi connectivity index (χ3v) is 7.38. The normalized spacial score (nSPS) is 17.5. The van der Waals surface area contributed by atoms with Crippen molar-refractivity contribution in [1.82, 2.24) is 14.5 Å². The van der Waals surface area contributed by atoms with Crippen molar-refractivity contribution in [3.8, 4) is 11.5 Å². The highest BCUT2D eigenvalue weighted by atomic mass is 32.2. The van der Waals surface area contributed by atoms with E-state index in [0.29, 0.717) is 43.4 Å². The molecule has 0 atom stereocenters. The molecule has 2 aliphatic rings. The fourth-order valence-electron chi connectivity index (χ4n) is 3.68. The highest BCUT2D eigenvalue weighted by Crippen LogP contribution is 2.33. The number of fused-ring (bicyclic) bond motifs is 1. The van der Waals surface area contributed by atoms with Gasteiger partial charge in [-0.05, 0) is 18.2 Å². The zero-order valence-corrected chi connectivity index (χ0v) is 18.4. The number of carbonyl (C=O) groups excluding carboxylic acids is 1. The van der Waals surface area contributed by atoms with E-state index in [0.717, 1.165) is 6.42 Å². The lowest BCUT2D eigenvalue weighted by Gasteiger charge is -2.33. The number of nitrogens with zero attached hydrogens (tertiary/aromatic N) is 2. The van der Waals surface area contributed by atoms with E-state index < -0.39 is 10.0 Å². The van der Waals surface area contributed by atoms with Crippen molar-refractivity contribution < 1.29 is 27.1 Å². The second-order valence-corrected chi connectivity index (χ2v) is 9.65. The van der Waals surface area contributed by atoms with Gasteiger partial charge in [0.25, 0.3) is 0 Å². The molecule has 0 aromatic heterocycles. The summed E-state index contributed by atoms with van der Waals surface area (Å²) in [4.78, 5) is 14.3. The Morgan fingerprint density at radius 2 is 1.72 bits per heavy atom. The number of rotatable bonds is 6. The molecule has 0 saturated carbocycles. The summed E-state index contributed by atoms with van der Waals surface area (Å²) < 4.78 is 52.4. The first kappa shape index (κ1) is 22.5. The molecule has 0 radical (unpaired) electrons. The highest BCUT2D eigenvalue weighted by Gasteiger charge is 2.30. The summed E-state index contributed by atoms with van der Waals surface area (Å²) in [6.07, 6.45) is 0.743. The molecule has 2 aromatic rings. The molecule has 32 heavy (non-hydrogen) atoms. The van der Waals surface area contributed by atoms with Crippen LogP contribution in [0.25, 0.3) is 0 Å². The molecule has 4 rings (SSSR count). The molecule has 2 aromatic carbocycles. The van der Waals surface area contributed by atoms with E-state index in [1.807, 2.05) is 4.90 Å². The zero-order valence-electron chi connectivity index (χ0n) is 17.6. The number of nitrogens with one attached hydrogen (secondary N) is 1. The van der Waals surface area contributed by atoms with Gasteiger partial charge in [0.1, 0.15) is 5.82 Å². The predicted octanol–water partition coefficient (Wildman–Crippen LogP) is 1.61. The van der Waals surface area contributed by atoms with Gasteiger partial charge in [0.2, 0.25) is 15.9 Å². The minimum atomic E-state index is -3.68. The second-order valence-electron chi connectivity index (χ2n) is 7.71. The SMILES string of the molecule is O=C(CN1CCN(S(=O)(=O)c2ccc3c(c2)OCCCO3)CC1)NCc1ccccc1F. The summed E-state index contributed by atoms with van der Waals surface area (Å²) in [5.74, 6) is 0.398. The second kappa shape index (κ2) is 9.85. The fraction of sp³-hybridized carbons (Fsp3) is 0.409. The molecule has 1 amide bonds. The standard InChI is InChI=1S/C22H26FN3O5S/c23-19-5-2-1-4-17(19)15-24-22(27)16-25-8-10-26(11-9-25)32(28,29)18-6-7-20-21(14-18)31-13-3-12-30-20/h1-2,4-7,14H,3,8-13,15-16H2,(H,24,27).